The summed E-state index contributed by atoms with van der Waals surface area (Å²) in [6.45, 7) is 2.35. The smallest absolute Gasteiger partial charge is 0.355 e. The number of aliphatic hydroxyl groups excluding tert-OH is 4. The molecule has 27 heavy (non-hydrogen) atoms. The van der Waals surface area contributed by atoms with E-state index < -0.39 is 18.7 Å². The predicted octanol–water partition coefficient (Wildman–Crippen LogP) is 0.847. The second-order valence-electron chi connectivity index (χ2n) is 6.07. The van der Waals surface area contributed by atoms with Crippen LogP contribution in [-0.4, -0.2) is 38.0 Å². The zero-order chi connectivity index (χ0) is 20.1. The Bertz CT molecular complexity index is 813. The maximum absolute atomic E-state index is 12.3. The lowest BCUT2D eigenvalue weighted by Crippen LogP contribution is -2.10. The van der Waals surface area contributed by atoms with Crippen molar-refractivity contribution in [2.45, 2.75) is 46.3 Å². The minimum absolute atomic E-state index is 0.0511. The normalized spacial score (nSPS) is 12.3. The highest BCUT2D eigenvalue weighted by Crippen LogP contribution is 2.38. The fourth-order valence-corrected chi connectivity index (χ4v) is 3.31. The largest absolute Gasteiger partial charge is 0.461 e. The van der Waals surface area contributed by atoms with Crippen LogP contribution in [0.25, 0.3) is 11.1 Å². The van der Waals surface area contributed by atoms with Crippen LogP contribution in [0, 0.1) is 0 Å². The van der Waals surface area contributed by atoms with Gasteiger partial charge in [-0.05, 0) is 36.1 Å². The molecule has 1 aromatic heterocycles. The summed E-state index contributed by atoms with van der Waals surface area (Å²) in [5, 5.41) is 39.5. The Morgan fingerprint density at radius 2 is 1.85 bits per heavy atom. The molecule has 0 bridgehead atoms. The number of hydrogen-bond acceptors (Lipinski definition) is 7. The zero-order valence-electron chi connectivity index (χ0n) is 15.5. The number of benzene rings is 1. The van der Waals surface area contributed by atoms with Gasteiger partial charge < -0.3 is 35.9 Å². The molecule has 7 N–H and O–H groups in total. The van der Waals surface area contributed by atoms with E-state index in [9.17, 15) is 25.2 Å². The molecule has 148 valence electrons. The van der Waals surface area contributed by atoms with Gasteiger partial charge in [0.1, 0.15) is 5.69 Å². The minimum atomic E-state index is -1.02. The van der Waals surface area contributed by atoms with Crippen LogP contribution in [0.4, 0.5) is 0 Å². The number of rotatable bonds is 8. The molecule has 0 saturated carbocycles. The summed E-state index contributed by atoms with van der Waals surface area (Å²) in [5.74, 6) is -0.616. The van der Waals surface area contributed by atoms with Crippen molar-refractivity contribution in [3.05, 3.63) is 45.8 Å². The van der Waals surface area contributed by atoms with Crippen molar-refractivity contribution in [1.82, 2.24) is 4.98 Å². The van der Waals surface area contributed by atoms with Gasteiger partial charge in [0.05, 0.1) is 32.5 Å². The molecule has 2 aromatic rings. The van der Waals surface area contributed by atoms with Gasteiger partial charge in [0.2, 0.25) is 0 Å². The van der Waals surface area contributed by atoms with Crippen molar-refractivity contribution >= 4 is 5.97 Å². The van der Waals surface area contributed by atoms with Crippen LogP contribution >= 0.6 is 0 Å². The molecular weight excluding hydrogens is 352 g/mol. The Labute approximate surface area is 157 Å². The molecule has 8 nitrogen and oxygen atoms in total. The molecule has 0 saturated heterocycles. The van der Waals surface area contributed by atoms with Crippen molar-refractivity contribution in [2.24, 2.45) is 5.73 Å². The SMILES string of the molecule is CCOC(=O)c1[nH]c(CN)c(-c2ccc(CO)c(CO)c2CO)c1C(C)O. The molecule has 0 aliphatic heterocycles. The number of aromatic amines is 1. The van der Waals surface area contributed by atoms with E-state index in [0.29, 0.717) is 39.1 Å². The maximum Gasteiger partial charge on any atom is 0.355 e. The van der Waals surface area contributed by atoms with E-state index in [0.717, 1.165) is 0 Å². The third-order valence-electron chi connectivity index (χ3n) is 4.50. The molecule has 0 aliphatic carbocycles. The second-order valence-corrected chi connectivity index (χ2v) is 6.07. The number of aromatic nitrogens is 1. The summed E-state index contributed by atoms with van der Waals surface area (Å²) >= 11 is 0. The van der Waals surface area contributed by atoms with Gasteiger partial charge in [-0.2, -0.15) is 0 Å². The Balaban J connectivity index is 2.84. The molecule has 0 amide bonds. The highest BCUT2D eigenvalue weighted by atomic mass is 16.5. The average molecular weight is 378 g/mol. The minimum Gasteiger partial charge on any atom is -0.461 e. The maximum atomic E-state index is 12.3. The Hall–Kier alpha value is -2.23. The van der Waals surface area contributed by atoms with Gasteiger partial charge in [-0.1, -0.05) is 12.1 Å². The summed E-state index contributed by atoms with van der Waals surface area (Å²) < 4.78 is 5.06. The van der Waals surface area contributed by atoms with E-state index in [-0.39, 0.29) is 32.1 Å². The standard InChI is InChI=1S/C19H26N2O6/c1-3-27-19(26)18-16(10(2)25)17(15(6-20)21-18)12-5-4-11(7-22)13(8-23)14(12)9-24/h4-5,10,21-25H,3,6-9,20H2,1-2H3. The van der Waals surface area contributed by atoms with E-state index in [4.69, 9.17) is 10.5 Å². The molecule has 0 aliphatic rings. The van der Waals surface area contributed by atoms with E-state index in [1.54, 1.807) is 19.1 Å². The number of aliphatic hydroxyl groups is 4. The van der Waals surface area contributed by atoms with Gasteiger partial charge in [0.25, 0.3) is 0 Å². The second kappa shape index (κ2) is 9.12. The van der Waals surface area contributed by atoms with Crippen LogP contribution < -0.4 is 5.73 Å². The molecule has 2 rings (SSSR count). The number of esters is 1. The zero-order valence-corrected chi connectivity index (χ0v) is 15.5. The van der Waals surface area contributed by atoms with E-state index in [1.165, 1.54) is 6.92 Å². The number of carbonyl (C=O) groups is 1. The van der Waals surface area contributed by atoms with Gasteiger partial charge in [-0.3, -0.25) is 0 Å². The lowest BCUT2D eigenvalue weighted by Gasteiger charge is -2.18. The number of hydrogen-bond donors (Lipinski definition) is 6. The first kappa shape index (κ1) is 21.1. The first-order chi connectivity index (χ1) is 12.9. The van der Waals surface area contributed by atoms with Crippen molar-refractivity contribution in [2.75, 3.05) is 6.61 Å². The highest BCUT2D eigenvalue weighted by molar-refractivity contribution is 5.93. The Morgan fingerprint density at radius 3 is 2.33 bits per heavy atom. The summed E-state index contributed by atoms with van der Waals surface area (Å²) in [4.78, 5) is 15.3. The molecule has 0 fully saturated rings. The van der Waals surface area contributed by atoms with Crippen molar-refractivity contribution in [3.63, 3.8) is 0 Å². The predicted molar refractivity (Wildman–Crippen MR) is 98.5 cm³/mol. The van der Waals surface area contributed by atoms with Crippen LogP contribution in [0.5, 0.6) is 0 Å². The van der Waals surface area contributed by atoms with E-state index >= 15 is 0 Å². The third-order valence-corrected chi connectivity index (χ3v) is 4.50. The Kier molecular flexibility index (Phi) is 7.11. The van der Waals surface area contributed by atoms with Crippen LogP contribution in [0.15, 0.2) is 12.1 Å². The molecule has 1 unspecified atom stereocenters. The van der Waals surface area contributed by atoms with E-state index in [1.807, 2.05) is 0 Å². The van der Waals surface area contributed by atoms with Crippen LogP contribution in [0.1, 0.15) is 58.4 Å². The summed E-state index contributed by atoms with van der Waals surface area (Å²) in [6.07, 6.45) is -1.02. The fourth-order valence-electron chi connectivity index (χ4n) is 3.31. The van der Waals surface area contributed by atoms with Gasteiger partial charge >= 0.3 is 5.97 Å². The monoisotopic (exact) mass is 378 g/mol. The quantitative estimate of drug-likeness (QED) is 0.373. The van der Waals surface area contributed by atoms with Gasteiger partial charge in [0, 0.05) is 23.4 Å². The fraction of sp³-hybridized carbons (Fsp3) is 0.421. The summed E-state index contributed by atoms with van der Waals surface area (Å²) in [5.41, 5.74) is 9.03. The van der Waals surface area contributed by atoms with Crippen molar-refractivity contribution in [3.8, 4) is 11.1 Å². The first-order valence-corrected chi connectivity index (χ1v) is 8.71. The number of carbonyl (C=O) groups excluding carboxylic acids is 1. The molecular formula is C19H26N2O6. The lowest BCUT2D eigenvalue weighted by molar-refractivity contribution is 0.0513. The number of nitrogens with two attached hydrogens (primary N) is 1. The van der Waals surface area contributed by atoms with Crippen molar-refractivity contribution in [1.29, 1.82) is 0 Å². The molecule has 1 heterocycles. The van der Waals surface area contributed by atoms with Crippen LogP contribution in [-0.2, 0) is 31.1 Å². The first-order valence-electron chi connectivity index (χ1n) is 8.71. The average Bonchev–Trinajstić information content (AvgIpc) is 3.06. The molecule has 8 heteroatoms. The summed E-state index contributed by atoms with van der Waals surface area (Å²) in [7, 11) is 0. The van der Waals surface area contributed by atoms with Gasteiger partial charge in [-0.25, -0.2) is 4.79 Å². The van der Waals surface area contributed by atoms with Crippen LogP contribution in [0.3, 0.4) is 0 Å². The van der Waals surface area contributed by atoms with Gasteiger partial charge in [0.15, 0.2) is 0 Å². The van der Waals surface area contributed by atoms with Crippen molar-refractivity contribution < 1.29 is 30.0 Å². The number of H-pyrrole nitrogens is 1. The molecule has 0 spiro atoms. The third kappa shape index (κ3) is 3.90. The molecule has 1 aromatic carbocycles. The van der Waals surface area contributed by atoms with Gasteiger partial charge in [-0.15, -0.1) is 0 Å². The topological polar surface area (TPSA) is 149 Å². The number of ether oxygens (including phenoxy) is 1. The molecule has 1 atom stereocenters. The Morgan fingerprint density at radius 1 is 1.19 bits per heavy atom. The highest BCUT2D eigenvalue weighted by Gasteiger charge is 2.28. The number of nitrogens with one attached hydrogen (secondary N) is 1. The summed E-state index contributed by atoms with van der Waals surface area (Å²) in [6, 6.07) is 3.29. The molecule has 0 radical (unpaired) electrons. The van der Waals surface area contributed by atoms with E-state index in [2.05, 4.69) is 4.98 Å². The van der Waals surface area contributed by atoms with Crippen LogP contribution in [0.2, 0.25) is 0 Å². The lowest BCUT2D eigenvalue weighted by atomic mass is 9.89.